The largest absolute Gasteiger partial charge is 0.0920 e. The van der Waals surface area contributed by atoms with E-state index in [9.17, 15) is 0 Å². The van der Waals surface area contributed by atoms with E-state index in [4.69, 9.17) is 0 Å². The fourth-order valence-corrected chi connectivity index (χ4v) is 0.974. The molecule has 0 radical (unpaired) electrons. The zero-order chi connectivity index (χ0) is 10.6. The van der Waals surface area contributed by atoms with Crippen LogP contribution in [0.1, 0.15) is 26.3 Å². The Morgan fingerprint density at radius 1 is 1.14 bits per heavy atom. The van der Waals surface area contributed by atoms with Gasteiger partial charge < -0.3 is 0 Å². The average molecular weight is 184 g/mol. The summed E-state index contributed by atoms with van der Waals surface area (Å²) in [6.07, 6.45) is 0. The van der Waals surface area contributed by atoms with Crippen LogP contribution in [0.2, 0.25) is 0 Å². The van der Waals surface area contributed by atoms with Gasteiger partial charge in [-0.25, -0.2) is 0 Å². The van der Waals surface area contributed by atoms with E-state index in [1.807, 2.05) is 30.3 Å². The quantitative estimate of drug-likeness (QED) is 0.583. The van der Waals surface area contributed by atoms with E-state index < -0.39 is 0 Å². The first-order valence-corrected chi connectivity index (χ1v) is 4.76. The molecule has 72 valence electrons. The molecule has 0 saturated carbocycles. The monoisotopic (exact) mass is 184 g/mol. The summed E-state index contributed by atoms with van der Waals surface area (Å²) in [5.74, 6) is 6.26. The van der Waals surface area contributed by atoms with Gasteiger partial charge in [-0.15, -0.1) is 0 Å². The first-order valence-electron chi connectivity index (χ1n) is 4.76. The molecule has 0 atom stereocenters. The highest BCUT2D eigenvalue weighted by molar-refractivity contribution is 5.76. The molecular formula is C14H16. The summed E-state index contributed by atoms with van der Waals surface area (Å²) in [4.78, 5) is 0. The van der Waals surface area contributed by atoms with Gasteiger partial charge in [0.15, 0.2) is 0 Å². The van der Waals surface area contributed by atoms with Crippen LogP contribution >= 0.6 is 0 Å². The van der Waals surface area contributed by atoms with Crippen LogP contribution in [-0.2, 0) is 0 Å². The van der Waals surface area contributed by atoms with Crippen molar-refractivity contribution in [1.82, 2.24) is 0 Å². The molecule has 1 aromatic carbocycles. The van der Waals surface area contributed by atoms with E-state index in [1.54, 1.807) is 0 Å². The maximum Gasteiger partial charge on any atom is 0.0246 e. The van der Waals surface area contributed by atoms with Crippen LogP contribution < -0.4 is 0 Å². The van der Waals surface area contributed by atoms with Crippen molar-refractivity contribution >= 4 is 5.57 Å². The lowest BCUT2D eigenvalue weighted by molar-refractivity contribution is 0.571. The minimum Gasteiger partial charge on any atom is -0.0920 e. The fraction of sp³-hybridized carbons (Fsp3) is 0.286. The Labute approximate surface area is 86.7 Å². The molecule has 0 heterocycles. The van der Waals surface area contributed by atoms with Crippen molar-refractivity contribution < 1.29 is 0 Å². The van der Waals surface area contributed by atoms with E-state index in [0.29, 0.717) is 0 Å². The lowest BCUT2D eigenvalue weighted by atomic mass is 9.97. The standard InChI is InChI=1S/C14H16/c1-12(10-11-14(2,3)4)13-8-6-5-7-9-13/h5-9H,1H2,2-4H3. The maximum atomic E-state index is 3.95. The van der Waals surface area contributed by atoms with Gasteiger partial charge in [0.2, 0.25) is 0 Å². The van der Waals surface area contributed by atoms with Crippen molar-refractivity contribution in [3.8, 4) is 11.8 Å². The summed E-state index contributed by atoms with van der Waals surface area (Å²) in [7, 11) is 0. The van der Waals surface area contributed by atoms with E-state index in [1.165, 1.54) is 0 Å². The van der Waals surface area contributed by atoms with Gasteiger partial charge in [-0.3, -0.25) is 0 Å². The molecule has 0 saturated heterocycles. The average Bonchev–Trinajstić information content (AvgIpc) is 2.14. The van der Waals surface area contributed by atoms with Crippen molar-refractivity contribution in [2.75, 3.05) is 0 Å². The second-order valence-electron chi connectivity index (χ2n) is 4.34. The van der Waals surface area contributed by atoms with Gasteiger partial charge in [0.1, 0.15) is 0 Å². The molecule has 0 nitrogen and oxygen atoms in total. The molecule has 1 aromatic rings. The maximum absolute atomic E-state index is 3.95. The van der Waals surface area contributed by atoms with E-state index in [-0.39, 0.29) is 5.41 Å². The third-order valence-corrected chi connectivity index (χ3v) is 1.71. The van der Waals surface area contributed by atoms with E-state index in [2.05, 4.69) is 39.2 Å². The zero-order valence-corrected chi connectivity index (χ0v) is 9.09. The molecule has 0 aliphatic carbocycles. The Kier molecular flexibility index (Phi) is 3.14. The van der Waals surface area contributed by atoms with Gasteiger partial charge in [0.25, 0.3) is 0 Å². The van der Waals surface area contributed by atoms with E-state index in [0.717, 1.165) is 11.1 Å². The van der Waals surface area contributed by atoms with Crippen LogP contribution in [0.4, 0.5) is 0 Å². The third-order valence-electron chi connectivity index (χ3n) is 1.71. The van der Waals surface area contributed by atoms with Gasteiger partial charge >= 0.3 is 0 Å². The Hall–Kier alpha value is -1.48. The van der Waals surface area contributed by atoms with Crippen LogP contribution in [0.3, 0.4) is 0 Å². The molecule has 0 spiro atoms. The molecule has 14 heavy (non-hydrogen) atoms. The molecule has 0 bridgehead atoms. The van der Waals surface area contributed by atoms with Crippen molar-refractivity contribution in [3.05, 3.63) is 42.5 Å². The highest BCUT2D eigenvalue weighted by Crippen LogP contribution is 2.14. The first-order chi connectivity index (χ1) is 6.49. The molecule has 0 fully saturated rings. The van der Waals surface area contributed by atoms with Crippen LogP contribution in [0.5, 0.6) is 0 Å². The molecular weight excluding hydrogens is 168 g/mol. The predicted octanol–water partition coefficient (Wildman–Crippen LogP) is 3.75. The fourth-order valence-electron chi connectivity index (χ4n) is 0.974. The van der Waals surface area contributed by atoms with Gasteiger partial charge in [-0.05, 0) is 26.3 Å². The Morgan fingerprint density at radius 3 is 2.21 bits per heavy atom. The summed E-state index contributed by atoms with van der Waals surface area (Å²) in [6, 6.07) is 10.0. The summed E-state index contributed by atoms with van der Waals surface area (Å²) >= 11 is 0. The minimum atomic E-state index is 0.0394. The highest BCUT2D eigenvalue weighted by atomic mass is 14.1. The minimum absolute atomic E-state index is 0.0394. The van der Waals surface area contributed by atoms with E-state index >= 15 is 0 Å². The van der Waals surface area contributed by atoms with Gasteiger partial charge in [0.05, 0.1) is 0 Å². The molecule has 0 unspecified atom stereocenters. The second kappa shape index (κ2) is 4.15. The highest BCUT2D eigenvalue weighted by Gasteiger charge is 2.03. The lowest BCUT2D eigenvalue weighted by Gasteiger charge is -2.07. The molecule has 0 N–H and O–H groups in total. The second-order valence-corrected chi connectivity index (χ2v) is 4.34. The number of rotatable bonds is 1. The van der Waals surface area contributed by atoms with Crippen LogP contribution in [0.15, 0.2) is 36.9 Å². The Morgan fingerprint density at radius 2 is 1.71 bits per heavy atom. The van der Waals surface area contributed by atoms with Crippen molar-refractivity contribution in [1.29, 1.82) is 0 Å². The van der Waals surface area contributed by atoms with Gasteiger partial charge in [0, 0.05) is 11.0 Å². The number of hydrogen-bond acceptors (Lipinski definition) is 0. The van der Waals surface area contributed by atoms with Crippen LogP contribution in [0.25, 0.3) is 5.57 Å². The van der Waals surface area contributed by atoms with Crippen LogP contribution in [-0.4, -0.2) is 0 Å². The summed E-state index contributed by atoms with van der Waals surface area (Å²) < 4.78 is 0. The molecule has 0 aromatic heterocycles. The number of allylic oxidation sites excluding steroid dienone is 1. The van der Waals surface area contributed by atoms with Crippen molar-refractivity contribution in [3.63, 3.8) is 0 Å². The number of hydrogen-bond donors (Lipinski definition) is 0. The van der Waals surface area contributed by atoms with Crippen molar-refractivity contribution in [2.24, 2.45) is 5.41 Å². The normalized spacial score (nSPS) is 10.2. The van der Waals surface area contributed by atoms with Crippen molar-refractivity contribution in [2.45, 2.75) is 20.8 Å². The summed E-state index contributed by atoms with van der Waals surface area (Å²) in [5.41, 5.74) is 2.03. The Balaban J connectivity index is 2.82. The topological polar surface area (TPSA) is 0 Å². The zero-order valence-electron chi connectivity index (χ0n) is 9.09. The van der Waals surface area contributed by atoms with Crippen LogP contribution in [0, 0.1) is 17.3 Å². The first kappa shape index (κ1) is 10.6. The summed E-state index contributed by atoms with van der Waals surface area (Å²) in [6.45, 7) is 10.2. The lowest BCUT2D eigenvalue weighted by Crippen LogP contribution is -1.99. The molecule has 0 heteroatoms. The smallest absolute Gasteiger partial charge is 0.0246 e. The predicted molar refractivity (Wildman–Crippen MR) is 62.7 cm³/mol. The summed E-state index contributed by atoms with van der Waals surface area (Å²) in [5, 5.41) is 0. The SMILES string of the molecule is C=C(C#CC(C)(C)C)c1ccccc1. The Bertz CT molecular complexity index is 366. The van der Waals surface area contributed by atoms with Gasteiger partial charge in [-0.2, -0.15) is 0 Å². The molecule has 0 amide bonds. The third kappa shape index (κ3) is 3.49. The molecule has 0 aliphatic heterocycles. The number of benzene rings is 1. The van der Waals surface area contributed by atoms with Gasteiger partial charge in [-0.1, -0.05) is 48.8 Å². The molecule has 0 aliphatic rings. The molecule has 1 rings (SSSR count).